The van der Waals surface area contributed by atoms with Crippen LogP contribution < -0.4 is 0 Å². The number of sulfone groups is 1. The van der Waals surface area contributed by atoms with Crippen molar-refractivity contribution in [2.45, 2.75) is 16.0 Å². The number of phenolic OH excluding ortho intramolecular Hbond substituents is 1. The molecule has 1 heterocycles. The Hall–Kier alpha value is -2.61. The van der Waals surface area contributed by atoms with E-state index in [9.17, 15) is 26.7 Å². The Kier molecular flexibility index (Phi) is 3.71. The lowest BCUT2D eigenvalue weighted by atomic mass is 10.2. The highest BCUT2D eigenvalue weighted by Gasteiger charge is 2.32. The lowest BCUT2D eigenvalue weighted by Crippen LogP contribution is -2.08. The lowest BCUT2D eigenvalue weighted by molar-refractivity contribution is -0.137. The molecular formula is C16H10F3NO3S. The quantitative estimate of drug-likeness (QED) is 0.761. The summed E-state index contributed by atoms with van der Waals surface area (Å²) in [4.78, 5) is 3.21. The molecule has 4 nitrogen and oxygen atoms in total. The molecule has 0 radical (unpaired) electrons. The van der Waals surface area contributed by atoms with Gasteiger partial charge in [-0.25, -0.2) is 8.42 Å². The van der Waals surface area contributed by atoms with Crippen LogP contribution in [0.3, 0.4) is 0 Å². The zero-order valence-corrected chi connectivity index (χ0v) is 12.8. The van der Waals surface area contributed by atoms with Gasteiger partial charge in [-0.05, 0) is 42.5 Å². The zero-order valence-electron chi connectivity index (χ0n) is 11.9. The molecule has 0 saturated carbocycles. The Morgan fingerprint density at radius 1 is 1.00 bits per heavy atom. The van der Waals surface area contributed by atoms with E-state index >= 15 is 0 Å². The second-order valence-electron chi connectivity index (χ2n) is 5.01. The van der Waals surface area contributed by atoms with Crippen molar-refractivity contribution in [1.29, 1.82) is 0 Å². The Bertz CT molecular complexity index is 1030. The van der Waals surface area contributed by atoms with Gasteiger partial charge in [0.05, 0.1) is 15.4 Å². The molecule has 1 aromatic heterocycles. The van der Waals surface area contributed by atoms with Crippen LogP contribution in [0, 0.1) is 0 Å². The summed E-state index contributed by atoms with van der Waals surface area (Å²) in [5.41, 5.74) is -0.990. The van der Waals surface area contributed by atoms with E-state index in [0.717, 1.165) is 30.3 Å². The third kappa shape index (κ3) is 2.69. The van der Waals surface area contributed by atoms with Crippen LogP contribution in [0.2, 0.25) is 0 Å². The van der Waals surface area contributed by atoms with Crippen LogP contribution in [-0.4, -0.2) is 18.5 Å². The van der Waals surface area contributed by atoms with Crippen molar-refractivity contribution >= 4 is 20.7 Å². The first-order valence-corrected chi connectivity index (χ1v) is 8.18. The van der Waals surface area contributed by atoms with Gasteiger partial charge in [0.2, 0.25) is 9.84 Å². The molecule has 0 fully saturated rings. The van der Waals surface area contributed by atoms with Gasteiger partial charge in [-0.1, -0.05) is 6.07 Å². The van der Waals surface area contributed by atoms with Crippen molar-refractivity contribution in [2.24, 2.45) is 0 Å². The smallest absolute Gasteiger partial charge is 0.416 e. The summed E-state index contributed by atoms with van der Waals surface area (Å²) >= 11 is 0. The second-order valence-corrected chi connectivity index (χ2v) is 6.93. The lowest BCUT2D eigenvalue weighted by Gasteiger charge is -2.11. The fraction of sp³-hybridized carbons (Fsp3) is 0.0625. The average Bonchev–Trinajstić information content (AvgIpc) is 2.54. The third-order valence-corrected chi connectivity index (χ3v) is 5.28. The van der Waals surface area contributed by atoms with E-state index in [1.54, 1.807) is 0 Å². The molecule has 8 heteroatoms. The summed E-state index contributed by atoms with van der Waals surface area (Å²) in [6.07, 6.45) is -3.27. The van der Waals surface area contributed by atoms with E-state index in [2.05, 4.69) is 4.98 Å². The summed E-state index contributed by atoms with van der Waals surface area (Å²) in [6, 6.07) is 8.73. The molecule has 0 spiro atoms. The first kappa shape index (κ1) is 16.3. The number of hydrogen-bond acceptors (Lipinski definition) is 4. The van der Waals surface area contributed by atoms with Gasteiger partial charge in [-0.15, -0.1) is 0 Å². The molecule has 0 bridgehead atoms. The average molecular weight is 353 g/mol. The number of benzene rings is 2. The van der Waals surface area contributed by atoms with Crippen LogP contribution in [0.4, 0.5) is 13.2 Å². The highest BCUT2D eigenvalue weighted by molar-refractivity contribution is 7.91. The minimum atomic E-state index is -4.65. The van der Waals surface area contributed by atoms with Crippen molar-refractivity contribution in [3.63, 3.8) is 0 Å². The van der Waals surface area contributed by atoms with Crippen molar-refractivity contribution in [3.8, 4) is 5.75 Å². The molecule has 0 aliphatic rings. The number of rotatable bonds is 2. The maximum atomic E-state index is 12.8. The number of hydrogen-bond donors (Lipinski definition) is 1. The maximum absolute atomic E-state index is 12.8. The van der Waals surface area contributed by atoms with Crippen LogP contribution in [0.15, 0.2) is 64.5 Å². The van der Waals surface area contributed by atoms with Crippen LogP contribution in [-0.2, 0) is 16.0 Å². The third-order valence-electron chi connectivity index (χ3n) is 3.47. The number of phenols is 1. The summed E-state index contributed by atoms with van der Waals surface area (Å²) in [5, 5.41) is 9.91. The summed E-state index contributed by atoms with van der Waals surface area (Å²) in [7, 11) is -4.22. The number of aromatic hydroxyl groups is 1. The zero-order chi connectivity index (χ0) is 17.5. The normalized spacial score (nSPS) is 12.5. The fourth-order valence-electron chi connectivity index (χ4n) is 2.33. The van der Waals surface area contributed by atoms with Crippen LogP contribution in [0.5, 0.6) is 5.75 Å². The minimum Gasteiger partial charge on any atom is -0.506 e. The number of nitrogens with zero attached hydrogens (tertiary/aromatic N) is 1. The second kappa shape index (κ2) is 5.48. The molecule has 1 N–H and O–H groups in total. The first-order chi connectivity index (χ1) is 11.2. The number of pyridine rings is 1. The van der Waals surface area contributed by atoms with Crippen LogP contribution in [0.1, 0.15) is 5.56 Å². The van der Waals surface area contributed by atoms with Crippen LogP contribution in [0.25, 0.3) is 10.9 Å². The van der Waals surface area contributed by atoms with Gasteiger partial charge < -0.3 is 5.11 Å². The van der Waals surface area contributed by atoms with Gasteiger partial charge in [-0.3, -0.25) is 4.98 Å². The number of halogens is 3. The molecular weight excluding hydrogens is 343 g/mol. The van der Waals surface area contributed by atoms with Gasteiger partial charge in [0.15, 0.2) is 0 Å². The SMILES string of the molecule is O=S(=O)(c1cccc(C(F)(F)F)c1)c1ccc(O)c2ncccc12. The minimum absolute atomic E-state index is 0.0607. The molecule has 124 valence electrons. The Morgan fingerprint density at radius 2 is 1.75 bits per heavy atom. The largest absolute Gasteiger partial charge is 0.506 e. The number of alkyl halides is 3. The van der Waals surface area contributed by atoms with Gasteiger partial charge in [0.1, 0.15) is 11.3 Å². The monoisotopic (exact) mass is 353 g/mol. The molecule has 2 aromatic carbocycles. The van der Waals surface area contributed by atoms with Crippen molar-refractivity contribution in [2.75, 3.05) is 0 Å². The predicted molar refractivity (Wildman–Crippen MR) is 80.3 cm³/mol. The van der Waals surface area contributed by atoms with E-state index in [1.165, 1.54) is 18.3 Å². The molecule has 0 aliphatic carbocycles. The molecule has 24 heavy (non-hydrogen) atoms. The van der Waals surface area contributed by atoms with E-state index in [4.69, 9.17) is 0 Å². The number of aromatic nitrogens is 1. The van der Waals surface area contributed by atoms with Gasteiger partial charge in [0.25, 0.3) is 0 Å². The molecule has 0 amide bonds. The van der Waals surface area contributed by atoms with Gasteiger partial charge in [-0.2, -0.15) is 13.2 Å². The standard InChI is InChI=1S/C16H10F3NO3S/c17-16(18,19)10-3-1-4-11(9-10)24(22,23)14-7-6-13(21)15-12(14)5-2-8-20-15/h1-9,21H. The molecule has 0 aliphatic heterocycles. The summed E-state index contributed by atoms with van der Waals surface area (Å²) in [5.74, 6) is -0.214. The predicted octanol–water partition coefficient (Wildman–Crippen LogP) is 3.79. The summed E-state index contributed by atoms with van der Waals surface area (Å²) in [6.45, 7) is 0. The van der Waals surface area contributed by atoms with Gasteiger partial charge in [0, 0.05) is 11.6 Å². The highest BCUT2D eigenvalue weighted by atomic mass is 32.2. The van der Waals surface area contributed by atoms with Crippen LogP contribution >= 0.6 is 0 Å². The Balaban J connectivity index is 2.25. The molecule has 0 atom stereocenters. The Labute approximate surface area is 135 Å². The van der Waals surface area contributed by atoms with Crippen molar-refractivity contribution in [3.05, 3.63) is 60.3 Å². The molecule has 0 unspecified atom stereocenters. The highest BCUT2D eigenvalue weighted by Crippen LogP contribution is 2.35. The molecule has 3 aromatic rings. The topological polar surface area (TPSA) is 67.3 Å². The van der Waals surface area contributed by atoms with E-state index in [-0.39, 0.29) is 21.5 Å². The van der Waals surface area contributed by atoms with E-state index in [0.29, 0.717) is 6.07 Å². The maximum Gasteiger partial charge on any atom is 0.416 e. The molecule has 3 rings (SSSR count). The van der Waals surface area contributed by atoms with E-state index in [1.807, 2.05) is 0 Å². The van der Waals surface area contributed by atoms with Crippen molar-refractivity contribution < 1.29 is 26.7 Å². The van der Waals surface area contributed by atoms with Gasteiger partial charge >= 0.3 is 6.18 Å². The van der Waals surface area contributed by atoms with E-state index < -0.39 is 26.5 Å². The Morgan fingerprint density at radius 3 is 2.46 bits per heavy atom. The summed E-state index contributed by atoms with van der Waals surface area (Å²) < 4.78 is 64.0. The first-order valence-electron chi connectivity index (χ1n) is 6.70. The van der Waals surface area contributed by atoms with Crippen molar-refractivity contribution in [1.82, 2.24) is 4.98 Å². The fourth-order valence-corrected chi connectivity index (χ4v) is 3.83. The molecule has 0 saturated heterocycles. The number of fused-ring (bicyclic) bond motifs is 1.